The van der Waals surface area contributed by atoms with Gasteiger partial charge in [-0.3, -0.25) is 9.79 Å². The zero-order valence-electron chi connectivity index (χ0n) is 11.1. The van der Waals surface area contributed by atoms with Crippen molar-refractivity contribution < 1.29 is 9.90 Å². The van der Waals surface area contributed by atoms with Crippen molar-refractivity contribution in [2.75, 3.05) is 5.32 Å². The summed E-state index contributed by atoms with van der Waals surface area (Å²) >= 11 is 6.52. The van der Waals surface area contributed by atoms with Crippen LogP contribution in [0.25, 0.3) is 0 Å². The van der Waals surface area contributed by atoms with E-state index in [0.29, 0.717) is 14.6 Å². The maximum absolute atomic E-state index is 10.9. The second-order valence-electron chi connectivity index (χ2n) is 4.32. The Labute approximate surface area is 139 Å². The summed E-state index contributed by atoms with van der Waals surface area (Å²) in [5.41, 5.74) is 2.36. The number of aromatic hydroxyl groups is 1. The molecule has 1 amide bonds. The number of carbonyl (C=O) groups is 1. The number of amides is 1. The van der Waals surface area contributed by atoms with Crippen LogP contribution in [0, 0.1) is 0 Å². The fourth-order valence-electron chi connectivity index (χ4n) is 1.63. The number of phenols is 1. The summed E-state index contributed by atoms with van der Waals surface area (Å²) in [6.07, 6.45) is 1.71. The molecule has 0 unspecified atom stereocenters. The molecule has 2 rings (SSSR count). The minimum absolute atomic E-state index is 0.102. The topological polar surface area (TPSA) is 61.7 Å². The van der Waals surface area contributed by atoms with E-state index in [2.05, 4.69) is 42.2 Å². The predicted molar refractivity (Wildman–Crippen MR) is 91.5 cm³/mol. The molecule has 0 fully saturated rings. The molecule has 0 aliphatic carbocycles. The number of carbonyl (C=O) groups excluding carboxylic acids is 1. The van der Waals surface area contributed by atoms with Crippen molar-refractivity contribution in [3.63, 3.8) is 0 Å². The first kappa shape index (κ1) is 15.7. The van der Waals surface area contributed by atoms with Crippen LogP contribution in [0.5, 0.6) is 5.75 Å². The standard InChI is InChI=1S/C15H12Br2N2O2/c1-9(20)19-11-4-2-10(3-5-11)8-18-12-6-13(16)15(21)14(17)7-12/h2-8,21H,1H3,(H,19,20). The Hall–Kier alpha value is -1.66. The van der Waals surface area contributed by atoms with Gasteiger partial charge in [-0.1, -0.05) is 12.1 Å². The number of phenolic OH excluding ortho intramolecular Hbond substituents is 1. The predicted octanol–water partition coefficient (Wildman–Crippen LogP) is 4.63. The highest BCUT2D eigenvalue weighted by atomic mass is 79.9. The van der Waals surface area contributed by atoms with E-state index >= 15 is 0 Å². The number of halogens is 2. The number of benzene rings is 2. The normalized spacial score (nSPS) is 10.8. The molecule has 0 spiro atoms. The SMILES string of the molecule is CC(=O)Nc1ccc(C=Nc2cc(Br)c(O)c(Br)c2)cc1. The third-order valence-electron chi connectivity index (χ3n) is 2.60. The van der Waals surface area contributed by atoms with E-state index in [1.165, 1.54) is 6.92 Å². The van der Waals surface area contributed by atoms with Gasteiger partial charge in [0.25, 0.3) is 0 Å². The summed E-state index contributed by atoms with van der Waals surface area (Å²) in [7, 11) is 0. The highest BCUT2D eigenvalue weighted by Gasteiger charge is 2.04. The summed E-state index contributed by atoms with van der Waals surface area (Å²) in [5.74, 6) is 0.0452. The third kappa shape index (κ3) is 4.41. The molecule has 0 radical (unpaired) electrons. The summed E-state index contributed by atoms with van der Waals surface area (Å²) in [6.45, 7) is 1.47. The molecule has 0 saturated carbocycles. The van der Waals surface area contributed by atoms with Crippen LogP contribution in [0.4, 0.5) is 11.4 Å². The first-order chi connectivity index (χ1) is 9.95. The highest BCUT2D eigenvalue weighted by Crippen LogP contribution is 2.36. The van der Waals surface area contributed by atoms with Gasteiger partial charge < -0.3 is 10.4 Å². The molecule has 0 heterocycles. The van der Waals surface area contributed by atoms with Crippen molar-refractivity contribution in [3.05, 3.63) is 50.9 Å². The van der Waals surface area contributed by atoms with Crippen LogP contribution in [-0.4, -0.2) is 17.2 Å². The van der Waals surface area contributed by atoms with Crippen molar-refractivity contribution in [2.24, 2.45) is 4.99 Å². The molecule has 4 nitrogen and oxygen atoms in total. The fourth-order valence-corrected chi connectivity index (χ4v) is 2.79. The fraction of sp³-hybridized carbons (Fsp3) is 0.0667. The summed E-state index contributed by atoms with van der Waals surface area (Å²) in [6, 6.07) is 10.8. The second-order valence-corrected chi connectivity index (χ2v) is 6.03. The lowest BCUT2D eigenvalue weighted by Crippen LogP contribution is -2.05. The Balaban J connectivity index is 2.16. The van der Waals surface area contributed by atoms with Gasteiger partial charge in [-0.25, -0.2) is 0 Å². The van der Waals surface area contributed by atoms with E-state index in [4.69, 9.17) is 0 Å². The molecule has 2 aromatic rings. The molecule has 2 N–H and O–H groups in total. The smallest absolute Gasteiger partial charge is 0.221 e. The van der Waals surface area contributed by atoms with Crippen LogP contribution in [0.2, 0.25) is 0 Å². The molecule has 0 atom stereocenters. The lowest BCUT2D eigenvalue weighted by Gasteiger charge is -2.03. The lowest BCUT2D eigenvalue weighted by atomic mass is 10.2. The lowest BCUT2D eigenvalue weighted by molar-refractivity contribution is -0.114. The number of anilines is 1. The van der Waals surface area contributed by atoms with Crippen molar-refractivity contribution in [1.29, 1.82) is 0 Å². The third-order valence-corrected chi connectivity index (χ3v) is 3.80. The van der Waals surface area contributed by atoms with Gasteiger partial charge in [0, 0.05) is 18.8 Å². The van der Waals surface area contributed by atoms with Crippen molar-refractivity contribution in [1.82, 2.24) is 0 Å². The second kappa shape index (κ2) is 6.87. The Morgan fingerprint density at radius 2 is 1.76 bits per heavy atom. The molecular weight excluding hydrogens is 400 g/mol. The number of hydrogen-bond donors (Lipinski definition) is 2. The molecule has 108 valence electrons. The number of rotatable bonds is 3. The maximum atomic E-state index is 10.9. The molecular formula is C15H12Br2N2O2. The summed E-state index contributed by atoms with van der Waals surface area (Å²) in [5, 5.41) is 12.3. The van der Waals surface area contributed by atoms with Crippen LogP contribution in [-0.2, 0) is 4.79 Å². The average molecular weight is 412 g/mol. The van der Waals surface area contributed by atoms with Gasteiger partial charge in [0.15, 0.2) is 0 Å². The zero-order chi connectivity index (χ0) is 15.4. The monoisotopic (exact) mass is 410 g/mol. The molecule has 21 heavy (non-hydrogen) atoms. The van der Waals surface area contributed by atoms with Gasteiger partial charge in [0.1, 0.15) is 5.75 Å². The first-order valence-corrected chi connectivity index (χ1v) is 7.64. The van der Waals surface area contributed by atoms with Crippen LogP contribution in [0.1, 0.15) is 12.5 Å². The van der Waals surface area contributed by atoms with E-state index in [1.54, 1.807) is 18.3 Å². The summed E-state index contributed by atoms with van der Waals surface area (Å²) < 4.78 is 1.15. The summed E-state index contributed by atoms with van der Waals surface area (Å²) in [4.78, 5) is 15.3. The number of nitrogens with one attached hydrogen (secondary N) is 1. The van der Waals surface area contributed by atoms with E-state index in [0.717, 1.165) is 11.3 Å². The number of aliphatic imine (C=N–C) groups is 1. The molecule has 0 aromatic heterocycles. The first-order valence-electron chi connectivity index (χ1n) is 6.05. The van der Waals surface area contributed by atoms with Crippen molar-refractivity contribution >= 4 is 55.4 Å². The van der Waals surface area contributed by atoms with Gasteiger partial charge in [0.2, 0.25) is 5.91 Å². The largest absolute Gasteiger partial charge is 0.506 e. The minimum Gasteiger partial charge on any atom is -0.506 e. The minimum atomic E-state index is -0.102. The number of nitrogens with zero attached hydrogens (tertiary/aromatic N) is 1. The molecule has 6 heteroatoms. The van der Waals surface area contributed by atoms with Crippen molar-refractivity contribution in [2.45, 2.75) is 6.92 Å². The average Bonchev–Trinajstić information content (AvgIpc) is 2.43. The van der Waals surface area contributed by atoms with Gasteiger partial charge in [-0.15, -0.1) is 0 Å². The number of hydrogen-bond acceptors (Lipinski definition) is 3. The van der Waals surface area contributed by atoms with E-state index < -0.39 is 0 Å². The van der Waals surface area contributed by atoms with Crippen LogP contribution in [0.3, 0.4) is 0 Å². The van der Waals surface area contributed by atoms with E-state index in [9.17, 15) is 9.90 Å². The zero-order valence-corrected chi connectivity index (χ0v) is 14.3. The molecule has 0 aliphatic rings. The van der Waals surface area contributed by atoms with E-state index in [-0.39, 0.29) is 11.7 Å². The van der Waals surface area contributed by atoms with Gasteiger partial charge in [0.05, 0.1) is 14.6 Å². The Morgan fingerprint density at radius 1 is 1.19 bits per heavy atom. The molecule has 0 saturated heterocycles. The molecule has 0 bridgehead atoms. The van der Waals surface area contributed by atoms with Gasteiger partial charge in [-0.2, -0.15) is 0 Å². The van der Waals surface area contributed by atoms with Crippen molar-refractivity contribution in [3.8, 4) is 5.75 Å². The quantitative estimate of drug-likeness (QED) is 0.723. The van der Waals surface area contributed by atoms with Crippen LogP contribution >= 0.6 is 31.9 Å². The van der Waals surface area contributed by atoms with Gasteiger partial charge >= 0.3 is 0 Å². The van der Waals surface area contributed by atoms with Crippen LogP contribution < -0.4 is 5.32 Å². The van der Waals surface area contributed by atoms with E-state index in [1.807, 2.05) is 24.3 Å². The highest BCUT2D eigenvalue weighted by molar-refractivity contribution is 9.11. The van der Waals surface area contributed by atoms with Gasteiger partial charge in [-0.05, 0) is 61.7 Å². The van der Waals surface area contributed by atoms with Crippen LogP contribution in [0.15, 0.2) is 50.3 Å². The Kier molecular flexibility index (Phi) is 5.14. The molecule has 2 aromatic carbocycles. The Bertz CT molecular complexity index is 674. The molecule has 0 aliphatic heterocycles. The maximum Gasteiger partial charge on any atom is 0.221 e. The Morgan fingerprint density at radius 3 is 2.29 bits per heavy atom.